The lowest BCUT2D eigenvalue weighted by atomic mass is 10.0. The summed E-state index contributed by atoms with van der Waals surface area (Å²) in [7, 11) is -2.58. The van der Waals surface area contributed by atoms with Crippen LogP contribution in [0.15, 0.2) is 114 Å². The van der Waals surface area contributed by atoms with Crippen LogP contribution in [0.4, 0.5) is 5.69 Å². The van der Waals surface area contributed by atoms with E-state index in [1.54, 1.807) is 55.6 Å². The first-order valence-electron chi connectivity index (χ1n) is 14.5. The predicted octanol–water partition coefficient (Wildman–Crippen LogP) is 5.36. The number of benzene rings is 4. The molecule has 0 radical (unpaired) electrons. The Morgan fingerprint density at radius 1 is 0.818 bits per heavy atom. The quantitative estimate of drug-likeness (QED) is 0.219. The van der Waals surface area contributed by atoms with Crippen LogP contribution in [0.5, 0.6) is 5.75 Å². The summed E-state index contributed by atoms with van der Waals surface area (Å²) in [5, 5.41) is 2.97. The second-order valence-electron chi connectivity index (χ2n) is 10.9. The lowest BCUT2D eigenvalue weighted by Gasteiger charge is -2.34. The molecule has 4 aromatic carbocycles. The van der Waals surface area contributed by atoms with Gasteiger partial charge in [-0.15, -0.1) is 0 Å². The highest BCUT2D eigenvalue weighted by molar-refractivity contribution is 7.92. The van der Waals surface area contributed by atoms with Gasteiger partial charge in [-0.25, -0.2) is 8.42 Å². The molecule has 4 rings (SSSR count). The molecule has 44 heavy (non-hydrogen) atoms. The normalized spacial score (nSPS) is 11.9. The van der Waals surface area contributed by atoms with Gasteiger partial charge in [0.15, 0.2) is 0 Å². The zero-order valence-corrected chi connectivity index (χ0v) is 26.3. The molecule has 8 nitrogen and oxygen atoms in total. The maximum absolute atomic E-state index is 14.5. The van der Waals surface area contributed by atoms with E-state index in [0.29, 0.717) is 11.4 Å². The molecule has 0 aliphatic carbocycles. The van der Waals surface area contributed by atoms with E-state index < -0.39 is 28.5 Å². The Morgan fingerprint density at radius 2 is 1.45 bits per heavy atom. The molecule has 2 amide bonds. The third kappa shape index (κ3) is 8.26. The van der Waals surface area contributed by atoms with Crippen molar-refractivity contribution in [2.75, 3.05) is 18.0 Å². The van der Waals surface area contributed by atoms with Gasteiger partial charge in [0, 0.05) is 19.0 Å². The summed E-state index contributed by atoms with van der Waals surface area (Å²) in [6, 6.07) is 30.7. The smallest absolute Gasteiger partial charge is 0.264 e. The lowest BCUT2D eigenvalue weighted by Crippen LogP contribution is -2.54. The molecule has 0 spiro atoms. The zero-order chi connectivity index (χ0) is 31.7. The Bertz CT molecular complexity index is 1660. The van der Waals surface area contributed by atoms with Crippen LogP contribution >= 0.6 is 0 Å². The number of carbonyl (C=O) groups is 2. The molecule has 0 bridgehead atoms. The second kappa shape index (κ2) is 14.7. The molecule has 1 atom stereocenters. The van der Waals surface area contributed by atoms with Gasteiger partial charge < -0.3 is 15.0 Å². The number of hydrogen-bond donors (Lipinski definition) is 1. The van der Waals surface area contributed by atoms with E-state index in [1.165, 1.54) is 17.0 Å². The summed E-state index contributed by atoms with van der Waals surface area (Å²) in [6.07, 6.45) is 0.241. The molecule has 9 heteroatoms. The van der Waals surface area contributed by atoms with E-state index in [1.807, 2.05) is 69.3 Å². The van der Waals surface area contributed by atoms with E-state index in [-0.39, 0.29) is 29.8 Å². The molecule has 0 aliphatic heterocycles. The topological polar surface area (TPSA) is 96.0 Å². The van der Waals surface area contributed by atoms with Crippen LogP contribution < -0.4 is 14.4 Å². The number of rotatable bonds is 13. The van der Waals surface area contributed by atoms with Gasteiger partial charge in [0.1, 0.15) is 18.3 Å². The highest BCUT2D eigenvalue weighted by atomic mass is 32.2. The maximum atomic E-state index is 14.5. The van der Waals surface area contributed by atoms with E-state index in [9.17, 15) is 18.0 Å². The highest BCUT2D eigenvalue weighted by Gasteiger charge is 2.34. The number of sulfonamides is 1. The van der Waals surface area contributed by atoms with Crippen LogP contribution in [0, 0.1) is 6.92 Å². The summed E-state index contributed by atoms with van der Waals surface area (Å²) in [6.45, 7) is 5.13. The molecule has 0 aromatic heterocycles. The van der Waals surface area contributed by atoms with Gasteiger partial charge in [-0.1, -0.05) is 72.8 Å². The molecule has 230 valence electrons. The first-order chi connectivity index (χ1) is 21.1. The predicted molar refractivity (Wildman–Crippen MR) is 173 cm³/mol. The number of hydrogen-bond acceptors (Lipinski definition) is 5. The molecule has 0 heterocycles. The van der Waals surface area contributed by atoms with E-state index >= 15 is 0 Å². The van der Waals surface area contributed by atoms with Gasteiger partial charge in [-0.3, -0.25) is 13.9 Å². The number of amides is 2. The second-order valence-corrected chi connectivity index (χ2v) is 12.8. The fourth-order valence-electron chi connectivity index (χ4n) is 4.93. The Hall–Kier alpha value is -4.63. The van der Waals surface area contributed by atoms with Gasteiger partial charge in [0.05, 0.1) is 17.7 Å². The molecule has 0 aliphatic rings. The summed E-state index contributed by atoms with van der Waals surface area (Å²) in [4.78, 5) is 29.8. The molecule has 0 fully saturated rings. The van der Waals surface area contributed by atoms with Crippen molar-refractivity contribution in [1.82, 2.24) is 10.2 Å². The van der Waals surface area contributed by atoms with Gasteiger partial charge in [-0.2, -0.15) is 0 Å². The van der Waals surface area contributed by atoms with Crippen molar-refractivity contribution in [3.05, 3.63) is 126 Å². The number of aryl methyl sites for hydroxylation is 1. The van der Waals surface area contributed by atoms with Crippen LogP contribution in [-0.2, 0) is 32.6 Å². The standard InChI is InChI=1S/C35H39N3O5S/c1-26(2)36-35(40)33(23-28-14-7-5-8-15-28)37(24-29-16-12-18-31(22-29)43-4)34(39)25-38(30-17-11-13-27(3)21-30)44(41,42)32-19-9-6-10-20-32/h5-22,26,33H,23-25H2,1-4H3,(H,36,40)/t33-/m0/s1. The Kier molecular flexibility index (Phi) is 10.8. The summed E-state index contributed by atoms with van der Waals surface area (Å²) in [5.41, 5.74) is 2.80. The minimum atomic E-state index is -4.14. The SMILES string of the molecule is COc1cccc(CN(C(=O)CN(c2cccc(C)c2)S(=O)(=O)c2ccccc2)[C@@H](Cc2ccccc2)C(=O)NC(C)C)c1. The Morgan fingerprint density at radius 3 is 2.09 bits per heavy atom. The van der Waals surface area contributed by atoms with Crippen LogP contribution in [0.1, 0.15) is 30.5 Å². The van der Waals surface area contributed by atoms with Gasteiger partial charge in [0.25, 0.3) is 10.0 Å². The van der Waals surface area contributed by atoms with Crippen molar-refractivity contribution in [2.45, 2.75) is 50.7 Å². The summed E-state index contributed by atoms with van der Waals surface area (Å²) < 4.78 is 34.6. The molecular formula is C35H39N3O5S. The van der Waals surface area contributed by atoms with E-state index in [4.69, 9.17) is 4.74 Å². The van der Waals surface area contributed by atoms with Crippen molar-refractivity contribution in [1.29, 1.82) is 0 Å². The largest absolute Gasteiger partial charge is 0.497 e. The number of methoxy groups -OCH3 is 1. The highest BCUT2D eigenvalue weighted by Crippen LogP contribution is 2.26. The monoisotopic (exact) mass is 613 g/mol. The van der Waals surface area contributed by atoms with Crippen LogP contribution in [0.2, 0.25) is 0 Å². The summed E-state index contributed by atoms with van der Waals surface area (Å²) >= 11 is 0. The summed E-state index contributed by atoms with van der Waals surface area (Å²) in [5.74, 6) is -0.240. The number of ether oxygens (including phenoxy) is 1. The van der Waals surface area contributed by atoms with E-state index in [0.717, 1.165) is 21.0 Å². The number of nitrogens with zero attached hydrogens (tertiary/aromatic N) is 2. The van der Waals surface area contributed by atoms with Crippen LogP contribution in [-0.4, -0.2) is 50.9 Å². The molecule has 0 saturated heterocycles. The maximum Gasteiger partial charge on any atom is 0.264 e. The average Bonchev–Trinajstić information content (AvgIpc) is 3.02. The molecule has 4 aromatic rings. The van der Waals surface area contributed by atoms with Crippen molar-refractivity contribution in [3.8, 4) is 5.75 Å². The Labute approximate surface area is 260 Å². The molecule has 0 unspecified atom stereocenters. The fraction of sp³-hybridized carbons (Fsp3) is 0.257. The molecular weight excluding hydrogens is 574 g/mol. The van der Waals surface area contributed by atoms with Crippen molar-refractivity contribution < 1.29 is 22.7 Å². The molecule has 0 saturated carbocycles. The Balaban J connectivity index is 1.81. The van der Waals surface area contributed by atoms with Crippen molar-refractivity contribution in [2.24, 2.45) is 0 Å². The van der Waals surface area contributed by atoms with Crippen molar-refractivity contribution in [3.63, 3.8) is 0 Å². The van der Waals surface area contributed by atoms with Gasteiger partial charge >= 0.3 is 0 Å². The van der Waals surface area contributed by atoms with Gasteiger partial charge in [-0.05, 0) is 73.9 Å². The minimum absolute atomic E-state index is 0.0616. The number of nitrogens with one attached hydrogen (secondary N) is 1. The van der Waals surface area contributed by atoms with Gasteiger partial charge in [0.2, 0.25) is 11.8 Å². The fourth-order valence-corrected chi connectivity index (χ4v) is 6.36. The zero-order valence-electron chi connectivity index (χ0n) is 25.5. The molecule has 1 N–H and O–H groups in total. The minimum Gasteiger partial charge on any atom is -0.497 e. The first-order valence-corrected chi connectivity index (χ1v) is 15.9. The number of carbonyl (C=O) groups excluding carboxylic acids is 2. The first kappa shape index (κ1) is 32.3. The van der Waals surface area contributed by atoms with Crippen molar-refractivity contribution >= 4 is 27.5 Å². The van der Waals surface area contributed by atoms with Crippen LogP contribution in [0.3, 0.4) is 0 Å². The third-order valence-corrected chi connectivity index (χ3v) is 8.88. The number of anilines is 1. The third-order valence-electron chi connectivity index (χ3n) is 7.09. The average molecular weight is 614 g/mol. The lowest BCUT2D eigenvalue weighted by molar-refractivity contribution is -0.140. The van der Waals surface area contributed by atoms with E-state index in [2.05, 4.69) is 5.32 Å². The van der Waals surface area contributed by atoms with Crippen LogP contribution in [0.25, 0.3) is 0 Å².